The average Bonchev–Trinajstić information content (AvgIpc) is 2.64. The molecule has 10 heavy (non-hydrogen) atoms. The summed E-state index contributed by atoms with van der Waals surface area (Å²) < 4.78 is 0. The number of hydrazine groups is 1. The maximum atomic E-state index is 5.66. The lowest BCUT2D eigenvalue weighted by molar-refractivity contribution is 0.294. The number of nitrogens with two attached hydrogens (primary N) is 1. The van der Waals surface area contributed by atoms with Crippen molar-refractivity contribution in [1.29, 1.82) is 0 Å². The summed E-state index contributed by atoms with van der Waals surface area (Å²) in [6.07, 6.45) is 4.82. The van der Waals surface area contributed by atoms with E-state index in [2.05, 4.69) is 11.5 Å². The standard InChI is InChI=1S/C7H13N3/c1-10-7(8)4-6(9-10)5-2-3-5/h4-6,9H,2-3,8H2,1H3. The molecule has 0 radical (unpaired) electrons. The maximum Gasteiger partial charge on any atom is 0.110 e. The molecule has 0 spiro atoms. The smallest absolute Gasteiger partial charge is 0.110 e. The van der Waals surface area contributed by atoms with Crippen LogP contribution in [0.25, 0.3) is 0 Å². The van der Waals surface area contributed by atoms with Gasteiger partial charge in [-0.15, -0.1) is 0 Å². The Bertz CT molecular complexity index is 172. The second-order valence-corrected chi connectivity index (χ2v) is 3.14. The van der Waals surface area contributed by atoms with Crippen molar-refractivity contribution < 1.29 is 0 Å². The van der Waals surface area contributed by atoms with E-state index in [1.807, 2.05) is 12.1 Å². The average molecular weight is 139 g/mol. The fraction of sp³-hybridized carbons (Fsp3) is 0.714. The Hall–Kier alpha value is -0.700. The first kappa shape index (κ1) is 6.04. The van der Waals surface area contributed by atoms with Crippen LogP contribution in [-0.2, 0) is 0 Å². The van der Waals surface area contributed by atoms with E-state index >= 15 is 0 Å². The maximum absolute atomic E-state index is 5.66. The van der Waals surface area contributed by atoms with E-state index < -0.39 is 0 Å². The lowest BCUT2D eigenvalue weighted by Crippen LogP contribution is -2.36. The van der Waals surface area contributed by atoms with Crippen LogP contribution >= 0.6 is 0 Å². The van der Waals surface area contributed by atoms with Crippen LogP contribution in [-0.4, -0.2) is 18.1 Å². The number of rotatable bonds is 1. The fourth-order valence-electron chi connectivity index (χ4n) is 1.33. The molecule has 0 bridgehead atoms. The highest BCUT2D eigenvalue weighted by molar-refractivity contribution is 5.11. The molecule has 0 aromatic heterocycles. The molecule has 1 aliphatic heterocycles. The van der Waals surface area contributed by atoms with Gasteiger partial charge in [-0.25, -0.2) is 5.43 Å². The summed E-state index contributed by atoms with van der Waals surface area (Å²) in [6.45, 7) is 0. The SMILES string of the molecule is CN1NC(C2CC2)C=C1N. The Labute approximate surface area is 60.8 Å². The quantitative estimate of drug-likeness (QED) is 0.538. The molecule has 3 heteroatoms. The minimum Gasteiger partial charge on any atom is -0.385 e. The first-order valence-corrected chi connectivity index (χ1v) is 3.74. The highest BCUT2D eigenvalue weighted by Gasteiger charge is 2.33. The Morgan fingerprint density at radius 2 is 2.40 bits per heavy atom. The third-order valence-electron chi connectivity index (χ3n) is 2.21. The molecule has 3 N–H and O–H groups in total. The summed E-state index contributed by atoms with van der Waals surface area (Å²) in [6, 6.07) is 0.519. The largest absolute Gasteiger partial charge is 0.385 e. The summed E-state index contributed by atoms with van der Waals surface area (Å²) in [5.74, 6) is 1.71. The zero-order valence-corrected chi connectivity index (χ0v) is 6.17. The zero-order chi connectivity index (χ0) is 7.14. The summed E-state index contributed by atoms with van der Waals surface area (Å²) in [5.41, 5.74) is 8.94. The molecule has 56 valence electrons. The fourth-order valence-corrected chi connectivity index (χ4v) is 1.33. The molecule has 1 unspecified atom stereocenters. The minimum absolute atomic E-state index is 0.519. The van der Waals surface area contributed by atoms with E-state index in [1.54, 1.807) is 0 Å². The molecule has 1 atom stereocenters. The normalized spacial score (nSPS) is 32.7. The van der Waals surface area contributed by atoms with Gasteiger partial charge in [0, 0.05) is 7.05 Å². The zero-order valence-electron chi connectivity index (χ0n) is 6.17. The summed E-state index contributed by atoms with van der Waals surface area (Å²) in [4.78, 5) is 0. The first-order chi connectivity index (χ1) is 4.77. The Balaban J connectivity index is 2.02. The van der Waals surface area contributed by atoms with Crippen molar-refractivity contribution in [2.75, 3.05) is 7.05 Å². The molecule has 3 nitrogen and oxygen atoms in total. The van der Waals surface area contributed by atoms with Gasteiger partial charge in [-0.3, -0.25) is 5.01 Å². The van der Waals surface area contributed by atoms with E-state index in [4.69, 9.17) is 5.73 Å². The molecule has 1 fully saturated rings. The molecule has 2 rings (SSSR count). The number of hydrogen-bond acceptors (Lipinski definition) is 3. The van der Waals surface area contributed by atoms with Gasteiger partial charge in [0.15, 0.2) is 0 Å². The predicted octanol–water partition coefficient (Wildman–Crippen LogP) is 0.0151. The molecule has 0 aromatic rings. The third-order valence-corrected chi connectivity index (χ3v) is 2.21. The van der Waals surface area contributed by atoms with Crippen LogP contribution in [0.4, 0.5) is 0 Å². The predicted molar refractivity (Wildman–Crippen MR) is 39.7 cm³/mol. The Morgan fingerprint density at radius 1 is 1.70 bits per heavy atom. The van der Waals surface area contributed by atoms with Crippen LogP contribution in [0, 0.1) is 5.92 Å². The molecule has 1 aliphatic carbocycles. The van der Waals surface area contributed by atoms with Gasteiger partial charge in [0.25, 0.3) is 0 Å². The highest BCUT2D eigenvalue weighted by atomic mass is 15.5. The number of nitrogens with one attached hydrogen (secondary N) is 1. The summed E-state index contributed by atoms with van der Waals surface area (Å²) >= 11 is 0. The van der Waals surface area contributed by atoms with Crippen molar-refractivity contribution in [2.45, 2.75) is 18.9 Å². The van der Waals surface area contributed by atoms with Gasteiger partial charge < -0.3 is 5.73 Å². The lowest BCUT2D eigenvalue weighted by Gasteiger charge is -2.15. The summed E-state index contributed by atoms with van der Waals surface area (Å²) in [5, 5.41) is 1.89. The lowest BCUT2D eigenvalue weighted by atomic mass is 10.2. The van der Waals surface area contributed by atoms with Crippen molar-refractivity contribution >= 4 is 0 Å². The number of hydrogen-bond donors (Lipinski definition) is 2. The van der Waals surface area contributed by atoms with E-state index in [0.717, 1.165) is 11.7 Å². The minimum atomic E-state index is 0.519. The molecular weight excluding hydrogens is 126 g/mol. The van der Waals surface area contributed by atoms with Gasteiger partial charge in [0.2, 0.25) is 0 Å². The van der Waals surface area contributed by atoms with Crippen molar-refractivity contribution in [1.82, 2.24) is 10.4 Å². The van der Waals surface area contributed by atoms with Gasteiger partial charge in [-0.05, 0) is 24.8 Å². The Kier molecular flexibility index (Phi) is 1.14. The first-order valence-electron chi connectivity index (χ1n) is 3.74. The molecule has 2 aliphatic rings. The van der Waals surface area contributed by atoms with Crippen LogP contribution in [0.15, 0.2) is 11.9 Å². The van der Waals surface area contributed by atoms with Gasteiger partial charge >= 0.3 is 0 Å². The highest BCUT2D eigenvalue weighted by Crippen LogP contribution is 2.34. The van der Waals surface area contributed by atoms with Crippen LogP contribution in [0.1, 0.15) is 12.8 Å². The van der Waals surface area contributed by atoms with Crippen molar-refractivity contribution in [3.63, 3.8) is 0 Å². The van der Waals surface area contributed by atoms with Gasteiger partial charge in [0.1, 0.15) is 5.82 Å². The van der Waals surface area contributed by atoms with E-state index in [-0.39, 0.29) is 0 Å². The van der Waals surface area contributed by atoms with E-state index in [9.17, 15) is 0 Å². The molecule has 1 saturated carbocycles. The molecule has 0 saturated heterocycles. The van der Waals surface area contributed by atoms with Gasteiger partial charge in [-0.1, -0.05) is 0 Å². The van der Waals surface area contributed by atoms with E-state index in [1.165, 1.54) is 12.8 Å². The second-order valence-electron chi connectivity index (χ2n) is 3.14. The van der Waals surface area contributed by atoms with Crippen LogP contribution in [0.5, 0.6) is 0 Å². The second kappa shape index (κ2) is 1.89. The molecular formula is C7H13N3. The monoisotopic (exact) mass is 139 g/mol. The van der Waals surface area contributed by atoms with E-state index in [0.29, 0.717) is 6.04 Å². The summed E-state index contributed by atoms with van der Waals surface area (Å²) in [7, 11) is 1.95. The van der Waals surface area contributed by atoms with Crippen molar-refractivity contribution in [3.05, 3.63) is 11.9 Å². The van der Waals surface area contributed by atoms with Crippen LogP contribution in [0.3, 0.4) is 0 Å². The molecule has 0 amide bonds. The van der Waals surface area contributed by atoms with Crippen LogP contribution < -0.4 is 11.2 Å². The number of nitrogens with zero attached hydrogens (tertiary/aromatic N) is 1. The molecule has 0 aromatic carbocycles. The van der Waals surface area contributed by atoms with Crippen LogP contribution in [0.2, 0.25) is 0 Å². The third kappa shape index (κ3) is 0.865. The van der Waals surface area contributed by atoms with Crippen molar-refractivity contribution in [2.24, 2.45) is 11.7 Å². The Morgan fingerprint density at radius 3 is 2.80 bits per heavy atom. The van der Waals surface area contributed by atoms with Gasteiger partial charge in [0.05, 0.1) is 6.04 Å². The van der Waals surface area contributed by atoms with Gasteiger partial charge in [-0.2, -0.15) is 0 Å². The van der Waals surface area contributed by atoms with Crippen molar-refractivity contribution in [3.8, 4) is 0 Å². The topological polar surface area (TPSA) is 41.3 Å². The molecule has 1 heterocycles.